The molecular formula is C29H39ClFN5O6S. The summed E-state index contributed by atoms with van der Waals surface area (Å²) in [6.07, 6.45) is 7.89. The Morgan fingerprint density at radius 2 is 1.63 bits per heavy atom. The standard InChI is InChI=1S/C29H39ClFN5O6S/c30-24-20-32-29(33-21-24)36-10-8-22(9-11-36)4-3-16-42-25-7-6-23(26(31)19-25)18-28(38)35-14-12-34(13-15-35)27(37)5-1-2-17-43(39,40)41/h6-7,19-22H,1-5,8-18H2,(H,39,40,41). The third-order valence-corrected chi connectivity index (χ3v) is 8.92. The predicted molar refractivity (Wildman–Crippen MR) is 160 cm³/mol. The highest BCUT2D eigenvalue weighted by Crippen LogP contribution is 2.25. The zero-order chi connectivity index (χ0) is 30.8. The topological polar surface area (TPSA) is 133 Å². The summed E-state index contributed by atoms with van der Waals surface area (Å²) in [7, 11) is -4.02. The molecule has 2 saturated heterocycles. The summed E-state index contributed by atoms with van der Waals surface area (Å²) in [5, 5.41) is 0.524. The van der Waals surface area contributed by atoms with Crippen LogP contribution >= 0.6 is 11.6 Å². The van der Waals surface area contributed by atoms with Crippen LogP contribution in [0, 0.1) is 11.7 Å². The van der Waals surface area contributed by atoms with Crippen LogP contribution in [0.25, 0.3) is 0 Å². The molecule has 1 aromatic heterocycles. The van der Waals surface area contributed by atoms with E-state index in [4.69, 9.17) is 20.9 Å². The van der Waals surface area contributed by atoms with Crippen molar-refractivity contribution in [2.75, 3.05) is 56.5 Å². The quantitative estimate of drug-likeness (QED) is 0.258. The number of hydrogen-bond acceptors (Lipinski definition) is 8. The van der Waals surface area contributed by atoms with E-state index in [2.05, 4.69) is 14.9 Å². The highest BCUT2D eigenvalue weighted by molar-refractivity contribution is 7.85. The van der Waals surface area contributed by atoms with Gasteiger partial charge in [0.05, 0.1) is 36.2 Å². The van der Waals surface area contributed by atoms with Crippen molar-refractivity contribution in [1.29, 1.82) is 0 Å². The molecule has 0 aliphatic carbocycles. The first kappa shape index (κ1) is 32.9. The molecule has 0 radical (unpaired) electrons. The van der Waals surface area contributed by atoms with Crippen molar-refractivity contribution in [1.82, 2.24) is 19.8 Å². The van der Waals surface area contributed by atoms with Crippen molar-refractivity contribution in [3.05, 3.63) is 47.0 Å². The summed E-state index contributed by atoms with van der Waals surface area (Å²) in [6.45, 7) is 3.73. The molecule has 0 bridgehead atoms. The molecule has 11 nitrogen and oxygen atoms in total. The van der Waals surface area contributed by atoms with Crippen molar-refractivity contribution in [2.45, 2.75) is 51.4 Å². The first-order valence-corrected chi connectivity index (χ1v) is 16.7. The molecule has 0 spiro atoms. The minimum absolute atomic E-state index is 0.0740. The third kappa shape index (κ3) is 10.6. The monoisotopic (exact) mass is 639 g/mol. The largest absolute Gasteiger partial charge is 0.493 e. The van der Waals surface area contributed by atoms with Crippen LogP contribution in [-0.4, -0.2) is 96.2 Å². The molecule has 0 atom stereocenters. The van der Waals surface area contributed by atoms with Crippen LogP contribution in [-0.2, 0) is 26.1 Å². The average Bonchev–Trinajstić information content (AvgIpc) is 2.99. The van der Waals surface area contributed by atoms with E-state index in [0.717, 1.165) is 38.8 Å². The number of piperazine rings is 1. The van der Waals surface area contributed by atoms with Crippen LogP contribution in [0.5, 0.6) is 5.75 Å². The lowest BCUT2D eigenvalue weighted by molar-refractivity contribution is -0.139. The number of aromatic nitrogens is 2. The summed E-state index contributed by atoms with van der Waals surface area (Å²) >= 11 is 5.87. The third-order valence-electron chi connectivity index (χ3n) is 7.92. The van der Waals surface area contributed by atoms with Gasteiger partial charge in [0, 0.05) is 51.8 Å². The fraction of sp³-hybridized carbons (Fsp3) is 0.586. The fourth-order valence-electron chi connectivity index (χ4n) is 5.41. The Balaban J connectivity index is 1.11. The predicted octanol–water partition coefficient (Wildman–Crippen LogP) is 3.62. The summed E-state index contributed by atoms with van der Waals surface area (Å²) in [4.78, 5) is 39.2. The maximum Gasteiger partial charge on any atom is 0.264 e. The van der Waals surface area contributed by atoms with Gasteiger partial charge in [0.25, 0.3) is 10.1 Å². The molecular weight excluding hydrogens is 601 g/mol. The van der Waals surface area contributed by atoms with Crippen molar-refractivity contribution >= 4 is 39.5 Å². The number of piperidine rings is 1. The Labute approximate surface area is 257 Å². The summed E-state index contributed by atoms with van der Waals surface area (Å²) in [5.41, 5.74) is 0.297. The normalized spacial score (nSPS) is 16.4. The highest BCUT2D eigenvalue weighted by atomic mass is 35.5. The van der Waals surface area contributed by atoms with E-state index in [0.29, 0.717) is 67.4 Å². The summed E-state index contributed by atoms with van der Waals surface area (Å²) in [5.74, 6) is 0.567. The molecule has 4 rings (SSSR count). The van der Waals surface area contributed by atoms with Crippen LogP contribution in [0.1, 0.15) is 50.5 Å². The Hall–Kier alpha value is -3.03. The summed E-state index contributed by atoms with van der Waals surface area (Å²) < 4.78 is 50.9. The second-order valence-corrected chi connectivity index (χ2v) is 13.1. The zero-order valence-electron chi connectivity index (χ0n) is 24.2. The molecule has 2 aromatic rings. The second kappa shape index (κ2) is 15.6. The van der Waals surface area contributed by atoms with Gasteiger partial charge in [0.15, 0.2) is 0 Å². The number of halogens is 2. The van der Waals surface area contributed by atoms with Gasteiger partial charge >= 0.3 is 0 Å². The van der Waals surface area contributed by atoms with E-state index in [1.165, 1.54) is 6.07 Å². The molecule has 2 aliphatic rings. The van der Waals surface area contributed by atoms with Crippen LogP contribution < -0.4 is 9.64 Å². The van der Waals surface area contributed by atoms with Crippen LogP contribution in [0.4, 0.5) is 10.3 Å². The average molecular weight is 640 g/mol. The summed E-state index contributed by atoms with van der Waals surface area (Å²) in [6, 6.07) is 4.60. The number of hydrogen-bond donors (Lipinski definition) is 1. The number of carbonyl (C=O) groups excluding carboxylic acids is 2. The number of unbranched alkanes of at least 4 members (excludes halogenated alkanes) is 1. The van der Waals surface area contributed by atoms with Gasteiger partial charge in [0.2, 0.25) is 17.8 Å². The number of benzene rings is 1. The van der Waals surface area contributed by atoms with Gasteiger partial charge in [-0.05, 0) is 56.1 Å². The van der Waals surface area contributed by atoms with E-state index in [1.807, 2.05) is 0 Å². The number of carbonyl (C=O) groups is 2. The minimum atomic E-state index is -4.02. The molecule has 2 amide bonds. The van der Waals surface area contributed by atoms with Gasteiger partial charge in [-0.3, -0.25) is 14.1 Å². The van der Waals surface area contributed by atoms with Crippen molar-refractivity contribution in [2.24, 2.45) is 5.92 Å². The van der Waals surface area contributed by atoms with E-state index >= 15 is 0 Å². The lowest BCUT2D eigenvalue weighted by atomic mass is 9.92. The molecule has 2 fully saturated rings. The van der Waals surface area contributed by atoms with Gasteiger partial charge in [0.1, 0.15) is 11.6 Å². The van der Waals surface area contributed by atoms with E-state index in [-0.39, 0.29) is 36.8 Å². The smallest absolute Gasteiger partial charge is 0.264 e. The Morgan fingerprint density at radius 3 is 2.26 bits per heavy atom. The van der Waals surface area contributed by atoms with Gasteiger partial charge in [-0.1, -0.05) is 17.7 Å². The Morgan fingerprint density at radius 1 is 0.977 bits per heavy atom. The molecule has 0 saturated carbocycles. The molecule has 3 heterocycles. The lowest BCUT2D eigenvalue weighted by Crippen LogP contribution is -2.51. The zero-order valence-corrected chi connectivity index (χ0v) is 25.7. The lowest BCUT2D eigenvalue weighted by Gasteiger charge is -2.35. The fourth-order valence-corrected chi connectivity index (χ4v) is 6.08. The van der Waals surface area contributed by atoms with Crippen molar-refractivity contribution in [3.63, 3.8) is 0 Å². The second-order valence-electron chi connectivity index (χ2n) is 11.1. The first-order chi connectivity index (χ1) is 20.6. The van der Waals surface area contributed by atoms with Crippen molar-refractivity contribution < 1.29 is 31.7 Å². The highest BCUT2D eigenvalue weighted by Gasteiger charge is 2.25. The van der Waals surface area contributed by atoms with Gasteiger partial charge in [-0.15, -0.1) is 0 Å². The van der Waals surface area contributed by atoms with Crippen LogP contribution in [0.2, 0.25) is 5.02 Å². The first-order valence-electron chi connectivity index (χ1n) is 14.7. The van der Waals surface area contributed by atoms with Crippen LogP contribution in [0.3, 0.4) is 0 Å². The van der Waals surface area contributed by atoms with E-state index < -0.39 is 15.9 Å². The van der Waals surface area contributed by atoms with Crippen molar-refractivity contribution in [3.8, 4) is 5.75 Å². The molecule has 1 aromatic carbocycles. The Kier molecular flexibility index (Phi) is 11.9. The van der Waals surface area contributed by atoms with Gasteiger partial charge in [-0.2, -0.15) is 8.42 Å². The minimum Gasteiger partial charge on any atom is -0.493 e. The molecule has 14 heteroatoms. The maximum absolute atomic E-state index is 14.8. The molecule has 43 heavy (non-hydrogen) atoms. The maximum atomic E-state index is 14.8. The molecule has 1 N–H and O–H groups in total. The molecule has 236 valence electrons. The van der Waals surface area contributed by atoms with E-state index in [1.54, 1.807) is 34.3 Å². The van der Waals surface area contributed by atoms with E-state index in [9.17, 15) is 22.4 Å². The molecule has 0 unspecified atom stereocenters. The molecule has 2 aliphatic heterocycles. The number of nitrogens with zero attached hydrogens (tertiary/aromatic N) is 5. The number of anilines is 1. The number of rotatable bonds is 13. The van der Waals surface area contributed by atoms with Gasteiger partial charge < -0.3 is 19.4 Å². The van der Waals surface area contributed by atoms with Crippen LogP contribution in [0.15, 0.2) is 30.6 Å². The SMILES string of the molecule is O=C(CCCCS(=O)(=O)O)N1CCN(C(=O)Cc2ccc(OCCCC3CCN(c4ncc(Cl)cn4)CC3)cc2F)CC1. The Bertz CT molecular complexity index is 1330. The number of ether oxygens (including phenoxy) is 1. The van der Waals surface area contributed by atoms with Gasteiger partial charge in [-0.25, -0.2) is 14.4 Å². The number of amides is 2.